The summed E-state index contributed by atoms with van der Waals surface area (Å²) in [5, 5.41) is 15.8. The molecule has 2 amide bonds. The zero-order valence-corrected chi connectivity index (χ0v) is 16.5. The molecule has 8 nitrogen and oxygen atoms in total. The first kappa shape index (κ1) is 20.6. The van der Waals surface area contributed by atoms with E-state index < -0.39 is 5.97 Å². The standard InChI is InChI=1S/C21H26N4O4/c1-15-2-4-16(5-3-15)6-7-19(26)22-13-20(27)24-10-8-18(9-11-24)25-14-17(12-23-25)21(28)29/h2-5,12,14,18H,6-11,13H2,1H3,(H,22,26)(H,28,29). The lowest BCUT2D eigenvalue weighted by Crippen LogP contribution is -2.44. The van der Waals surface area contributed by atoms with Crippen LogP contribution < -0.4 is 5.32 Å². The number of amides is 2. The second kappa shape index (κ2) is 9.36. The maximum atomic E-state index is 12.4. The Morgan fingerprint density at radius 1 is 1.17 bits per heavy atom. The van der Waals surface area contributed by atoms with Gasteiger partial charge in [0.05, 0.1) is 24.3 Å². The van der Waals surface area contributed by atoms with Gasteiger partial charge >= 0.3 is 5.97 Å². The molecule has 29 heavy (non-hydrogen) atoms. The summed E-state index contributed by atoms with van der Waals surface area (Å²) in [5.74, 6) is -1.23. The molecule has 0 atom stereocenters. The monoisotopic (exact) mass is 398 g/mol. The van der Waals surface area contributed by atoms with E-state index in [1.165, 1.54) is 18.0 Å². The molecule has 0 spiro atoms. The van der Waals surface area contributed by atoms with Gasteiger partial charge in [0.25, 0.3) is 0 Å². The minimum absolute atomic E-state index is 0.00231. The second-order valence-corrected chi connectivity index (χ2v) is 7.39. The molecule has 0 aliphatic carbocycles. The SMILES string of the molecule is Cc1ccc(CCC(=O)NCC(=O)N2CCC(n3cc(C(=O)O)cn3)CC2)cc1. The Labute approximate surface area is 169 Å². The summed E-state index contributed by atoms with van der Waals surface area (Å²) in [6.45, 7) is 3.14. The molecule has 1 fully saturated rings. The van der Waals surface area contributed by atoms with Crippen molar-refractivity contribution in [3.63, 3.8) is 0 Å². The van der Waals surface area contributed by atoms with E-state index >= 15 is 0 Å². The van der Waals surface area contributed by atoms with Gasteiger partial charge in [0.15, 0.2) is 0 Å². The molecule has 8 heteroatoms. The van der Waals surface area contributed by atoms with E-state index in [9.17, 15) is 14.4 Å². The van der Waals surface area contributed by atoms with Gasteiger partial charge in [-0.25, -0.2) is 4.79 Å². The van der Waals surface area contributed by atoms with E-state index in [2.05, 4.69) is 10.4 Å². The number of carboxylic acids is 1. The van der Waals surface area contributed by atoms with E-state index in [0.29, 0.717) is 38.8 Å². The molecule has 0 unspecified atom stereocenters. The summed E-state index contributed by atoms with van der Waals surface area (Å²) >= 11 is 0. The fraction of sp³-hybridized carbons (Fsp3) is 0.429. The van der Waals surface area contributed by atoms with Crippen molar-refractivity contribution in [1.82, 2.24) is 20.0 Å². The van der Waals surface area contributed by atoms with Gasteiger partial charge in [-0.15, -0.1) is 0 Å². The Kier molecular flexibility index (Phi) is 6.64. The number of aromatic carboxylic acids is 1. The van der Waals surface area contributed by atoms with Gasteiger partial charge in [0.1, 0.15) is 0 Å². The highest BCUT2D eigenvalue weighted by Gasteiger charge is 2.25. The van der Waals surface area contributed by atoms with Gasteiger partial charge < -0.3 is 15.3 Å². The Morgan fingerprint density at radius 2 is 1.86 bits per heavy atom. The van der Waals surface area contributed by atoms with E-state index in [-0.39, 0.29) is 30.0 Å². The van der Waals surface area contributed by atoms with Crippen LogP contribution in [0.15, 0.2) is 36.7 Å². The summed E-state index contributed by atoms with van der Waals surface area (Å²) in [7, 11) is 0. The number of hydrogen-bond donors (Lipinski definition) is 2. The number of likely N-dealkylation sites (tertiary alicyclic amines) is 1. The zero-order valence-electron chi connectivity index (χ0n) is 16.5. The number of nitrogens with one attached hydrogen (secondary N) is 1. The van der Waals surface area contributed by atoms with Gasteiger partial charge in [-0.2, -0.15) is 5.10 Å². The Bertz CT molecular complexity index is 867. The molecule has 3 rings (SSSR count). The average Bonchev–Trinajstić information content (AvgIpc) is 3.22. The van der Waals surface area contributed by atoms with Crippen LogP contribution in [-0.4, -0.2) is 57.2 Å². The summed E-state index contributed by atoms with van der Waals surface area (Å²) < 4.78 is 1.66. The maximum Gasteiger partial charge on any atom is 0.338 e. The number of benzene rings is 1. The van der Waals surface area contributed by atoms with Gasteiger partial charge in [0.2, 0.25) is 11.8 Å². The third kappa shape index (κ3) is 5.66. The van der Waals surface area contributed by atoms with Crippen LogP contribution in [0.25, 0.3) is 0 Å². The van der Waals surface area contributed by atoms with E-state index in [1.807, 2.05) is 31.2 Å². The maximum absolute atomic E-state index is 12.4. The lowest BCUT2D eigenvalue weighted by molar-refractivity contribution is -0.134. The predicted molar refractivity (Wildman–Crippen MR) is 107 cm³/mol. The third-order valence-electron chi connectivity index (χ3n) is 5.24. The molecule has 0 bridgehead atoms. The van der Waals surface area contributed by atoms with Gasteiger partial charge in [-0.1, -0.05) is 29.8 Å². The zero-order chi connectivity index (χ0) is 20.8. The Hall–Kier alpha value is -3.16. The number of aromatic nitrogens is 2. The number of carbonyl (C=O) groups excluding carboxylic acids is 2. The molecule has 1 aromatic heterocycles. The van der Waals surface area contributed by atoms with E-state index in [1.54, 1.807) is 9.58 Å². The van der Waals surface area contributed by atoms with Crippen LogP contribution >= 0.6 is 0 Å². The lowest BCUT2D eigenvalue weighted by atomic mass is 10.1. The van der Waals surface area contributed by atoms with Crippen molar-refractivity contribution in [3.8, 4) is 0 Å². The van der Waals surface area contributed by atoms with Crippen molar-refractivity contribution in [2.75, 3.05) is 19.6 Å². The number of carbonyl (C=O) groups is 3. The number of nitrogens with zero attached hydrogens (tertiary/aromatic N) is 3. The largest absolute Gasteiger partial charge is 0.478 e. The molecule has 2 N–H and O–H groups in total. The second-order valence-electron chi connectivity index (χ2n) is 7.39. The molecule has 1 aromatic carbocycles. The van der Waals surface area contributed by atoms with Crippen LogP contribution in [0.1, 0.15) is 46.8 Å². The van der Waals surface area contributed by atoms with Crippen LogP contribution in [0, 0.1) is 6.92 Å². The van der Waals surface area contributed by atoms with Crippen molar-refractivity contribution >= 4 is 17.8 Å². The Balaban J connectivity index is 1.38. The molecule has 154 valence electrons. The molecule has 2 aromatic rings. The molecular weight excluding hydrogens is 372 g/mol. The quantitative estimate of drug-likeness (QED) is 0.740. The smallest absolute Gasteiger partial charge is 0.338 e. The number of aryl methyl sites for hydroxylation is 2. The van der Waals surface area contributed by atoms with Crippen LogP contribution in [0.4, 0.5) is 0 Å². The minimum Gasteiger partial charge on any atom is -0.478 e. The predicted octanol–water partition coefficient (Wildman–Crippen LogP) is 1.80. The van der Waals surface area contributed by atoms with Crippen LogP contribution in [0.5, 0.6) is 0 Å². The summed E-state index contributed by atoms with van der Waals surface area (Å²) in [5.41, 5.74) is 2.45. The van der Waals surface area contributed by atoms with E-state index in [0.717, 1.165) is 5.56 Å². The number of rotatable bonds is 7. The van der Waals surface area contributed by atoms with Crippen molar-refractivity contribution in [3.05, 3.63) is 53.3 Å². The van der Waals surface area contributed by atoms with Crippen LogP contribution in [0.3, 0.4) is 0 Å². The molecule has 1 aliphatic heterocycles. The van der Waals surface area contributed by atoms with Crippen LogP contribution in [0.2, 0.25) is 0 Å². The molecule has 0 saturated carbocycles. The van der Waals surface area contributed by atoms with Gasteiger partial charge in [0, 0.05) is 25.7 Å². The summed E-state index contributed by atoms with van der Waals surface area (Å²) in [6.07, 6.45) is 5.27. The van der Waals surface area contributed by atoms with Crippen molar-refractivity contribution < 1.29 is 19.5 Å². The fourth-order valence-corrected chi connectivity index (χ4v) is 3.41. The molecule has 1 saturated heterocycles. The first-order valence-electron chi connectivity index (χ1n) is 9.80. The van der Waals surface area contributed by atoms with E-state index in [4.69, 9.17) is 5.11 Å². The third-order valence-corrected chi connectivity index (χ3v) is 5.24. The van der Waals surface area contributed by atoms with Crippen molar-refractivity contribution in [2.45, 2.75) is 38.6 Å². The number of hydrogen-bond acceptors (Lipinski definition) is 4. The molecule has 2 heterocycles. The van der Waals surface area contributed by atoms with Crippen molar-refractivity contribution in [2.24, 2.45) is 0 Å². The first-order valence-corrected chi connectivity index (χ1v) is 9.80. The van der Waals surface area contributed by atoms with Gasteiger partial charge in [-0.05, 0) is 31.7 Å². The van der Waals surface area contributed by atoms with Crippen LogP contribution in [-0.2, 0) is 16.0 Å². The minimum atomic E-state index is -0.998. The van der Waals surface area contributed by atoms with Gasteiger partial charge in [-0.3, -0.25) is 14.3 Å². The Morgan fingerprint density at radius 3 is 2.48 bits per heavy atom. The average molecular weight is 398 g/mol. The number of carboxylic acid groups (broad SMARTS) is 1. The normalized spacial score (nSPS) is 14.6. The molecular formula is C21H26N4O4. The molecule has 1 aliphatic rings. The molecule has 0 radical (unpaired) electrons. The highest BCUT2D eigenvalue weighted by atomic mass is 16.4. The summed E-state index contributed by atoms with van der Waals surface area (Å²) in [4.78, 5) is 37.1. The fourth-order valence-electron chi connectivity index (χ4n) is 3.41. The van der Waals surface area contributed by atoms with Crippen molar-refractivity contribution in [1.29, 1.82) is 0 Å². The highest BCUT2D eigenvalue weighted by Crippen LogP contribution is 2.22. The highest BCUT2D eigenvalue weighted by molar-refractivity contribution is 5.87. The lowest BCUT2D eigenvalue weighted by Gasteiger charge is -2.32. The first-order chi connectivity index (χ1) is 13.9. The summed E-state index contributed by atoms with van der Waals surface area (Å²) in [6, 6.07) is 8.14. The number of piperidine rings is 1. The topological polar surface area (TPSA) is 105 Å².